The Morgan fingerprint density at radius 1 is 1.29 bits per heavy atom. The summed E-state index contributed by atoms with van der Waals surface area (Å²) >= 11 is 0. The number of rotatable bonds is 5. The van der Waals surface area contributed by atoms with Crippen LogP contribution in [0.1, 0.15) is 52.3 Å². The third kappa shape index (κ3) is 4.56. The molecule has 0 bridgehead atoms. The van der Waals surface area contributed by atoms with Crippen molar-refractivity contribution in [3.05, 3.63) is 11.9 Å². The predicted octanol–water partition coefficient (Wildman–Crippen LogP) is 2.60. The summed E-state index contributed by atoms with van der Waals surface area (Å²) in [6.45, 7) is 8.88. The van der Waals surface area contributed by atoms with E-state index in [-0.39, 0.29) is 0 Å². The minimum atomic E-state index is -0.543. The van der Waals surface area contributed by atoms with Crippen LogP contribution >= 0.6 is 0 Å². The lowest BCUT2D eigenvalue weighted by Crippen LogP contribution is -2.29. The summed E-state index contributed by atoms with van der Waals surface area (Å²) in [6.07, 6.45) is 4.55. The number of nitrogens with zero attached hydrogens (tertiary/aromatic N) is 3. The van der Waals surface area contributed by atoms with Gasteiger partial charge in [0, 0.05) is 32.1 Å². The number of hydrogen-bond acceptors (Lipinski definition) is 5. The number of aliphatic hydroxyl groups is 1. The minimum Gasteiger partial charge on any atom is -0.390 e. The molecule has 0 saturated carbocycles. The van der Waals surface area contributed by atoms with Gasteiger partial charge in [-0.3, -0.25) is 0 Å². The van der Waals surface area contributed by atoms with Gasteiger partial charge in [-0.15, -0.1) is 0 Å². The zero-order valence-corrected chi connectivity index (χ0v) is 13.5. The molecular weight excluding hydrogens is 264 g/mol. The Morgan fingerprint density at radius 2 is 2.10 bits per heavy atom. The van der Waals surface area contributed by atoms with Gasteiger partial charge in [-0.05, 0) is 32.6 Å². The molecule has 1 saturated heterocycles. The second-order valence-electron chi connectivity index (χ2n) is 6.15. The van der Waals surface area contributed by atoms with E-state index in [9.17, 15) is 5.11 Å². The molecule has 0 amide bonds. The van der Waals surface area contributed by atoms with Gasteiger partial charge in [0.2, 0.25) is 0 Å². The molecule has 1 aromatic heterocycles. The fraction of sp³-hybridized carbons (Fsp3) is 0.750. The van der Waals surface area contributed by atoms with Crippen LogP contribution in [0, 0.1) is 0 Å². The third-order valence-corrected chi connectivity index (χ3v) is 4.02. The molecule has 0 aliphatic carbocycles. The van der Waals surface area contributed by atoms with Crippen LogP contribution in [0.4, 0.5) is 11.6 Å². The molecule has 21 heavy (non-hydrogen) atoms. The zero-order valence-electron chi connectivity index (χ0n) is 13.5. The van der Waals surface area contributed by atoms with Gasteiger partial charge in [0.25, 0.3) is 0 Å². The van der Waals surface area contributed by atoms with Crippen molar-refractivity contribution in [2.24, 2.45) is 0 Å². The Kier molecular flexibility index (Phi) is 5.39. The summed E-state index contributed by atoms with van der Waals surface area (Å²) in [5.41, 5.74) is -0.543. The predicted molar refractivity (Wildman–Crippen MR) is 86.9 cm³/mol. The lowest BCUT2D eigenvalue weighted by atomic mass is 9.98. The number of hydrogen-bond donors (Lipinski definition) is 2. The summed E-state index contributed by atoms with van der Waals surface area (Å²) < 4.78 is 0. The lowest BCUT2D eigenvalue weighted by Gasteiger charge is -2.24. The average Bonchev–Trinajstić information content (AvgIpc) is 2.65. The first-order chi connectivity index (χ1) is 10.0. The molecule has 1 aliphatic heterocycles. The number of aromatic nitrogens is 2. The van der Waals surface area contributed by atoms with Crippen molar-refractivity contribution in [3.8, 4) is 0 Å². The van der Waals surface area contributed by atoms with Gasteiger partial charge in [0.05, 0.1) is 5.60 Å². The van der Waals surface area contributed by atoms with Gasteiger partial charge >= 0.3 is 0 Å². The topological polar surface area (TPSA) is 61.3 Å². The Hall–Kier alpha value is -1.36. The average molecular weight is 292 g/mol. The van der Waals surface area contributed by atoms with Crippen LogP contribution in [0.2, 0.25) is 0 Å². The van der Waals surface area contributed by atoms with Gasteiger partial charge < -0.3 is 15.3 Å². The molecule has 1 aliphatic rings. The smallest absolute Gasteiger partial charge is 0.134 e. The fourth-order valence-corrected chi connectivity index (χ4v) is 2.64. The van der Waals surface area contributed by atoms with Crippen molar-refractivity contribution in [3.63, 3.8) is 0 Å². The van der Waals surface area contributed by atoms with E-state index < -0.39 is 5.60 Å². The van der Waals surface area contributed by atoms with Crippen LogP contribution in [0.5, 0.6) is 0 Å². The highest BCUT2D eigenvalue weighted by molar-refractivity contribution is 5.49. The molecule has 2 N–H and O–H groups in total. The van der Waals surface area contributed by atoms with E-state index in [0.29, 0.717) is 0 Å². The Bertz CT molecular complexity index is 462. The van der Waals surface area contributed by atoms with E-state index in [1.807, 2.05) is 13.0 Å². The third-order valence-electron chi connectivity index (χ3n) is 4.02. The standard InChI is InChI=1S/C16H28N4O/c1-4-9-17-14-12-15(19-13(5-2)18-14)20-10-6-7-16(3,21)8-11-20/h12,21H,4-11H2,1-3H3,(H,17,18,19). The summed E-state index contributed by atoms with van der Waals surface area (Å²) in [7, 11) is 0. The van der Waals surface area contributed by atoms with Gasteiger partial charge in [-0.1, -0.05) is 13.8 Å². The largest absolute Gasteiger partial charge is 0.390 e. The highest BCUT2D eigenvalue weighted by Gasteiger charge is 2.25. The number of nitrogens with one attached hydrogen (secondary N) is 1. The van der Waals surface area contributed by atoms with Crippen LogP contribution < -0.4 is 10.2 Å². The zero-order chi connectivity index (χ0) is 15.3. The molecule has 118 valence electrons. The molecule has 0 aromatic carbocycles. The van der Waals surface area contributed by atoms with E-state index in [0.717, 1.165) is 69.2 Å². The lowest BCUT2D eigenvalue weighted by molar-refractivity contribution is 0.0481. The normalized spacial score (nSPS) is 23.0. The van der Waals surface area contributed by atoms with E-state index in [2.05, 4.69) is 34.0 Å². The van der Waals surface area contributed by atoms with Crippen LogP contribution in [0.15, 0.2) is 6.07 Å². The molecule has 5 heteroatoms. The first kappa shape index (κ1) is 16.0. The number of anilines is 2. The van der Waals surface area contributed by atoms with Crippen LogP contribution in [-0.2, 0) is 6.42 Å². The molecule has 0 radical (unpaired) electrons. The summed E-state index contributed by atoms with van der Waals surface area (Å²) in [5, 5.41) is 13.6. The van der Waals surface area contributed by atoms with E-state index in [1.165, 1.54) is 0 Å². The van der Waals surface area contributed by atoms with Crippen molar-refractivity contribution in [2.75, 3.05) is 29.9 Å². The first-order valence-electron chi connectivity index (χ1n) is 8.13. The monoisotopic (exact) mass is 292 g/mol. The highest BCUT2D eigenvalue weighted by Crippen LogP contribution is 2.25. The molecule has 2 rings (SSSR count). The van der Waals surface area contributed by atoms with Crippen molar-refractivity contribution < 1.29 is 5.11 Å². The number of aryl methyl sites for hydroxylation is 1. The Labute approximate surface area is 127 Å². The van der Waals surface area contributed by atoms with Crippen molar-refractivity contribution >= 4 is 11.6 Å². The quantitative estimate of drug-likeness (QED) is 0.873. The van der Waals surface area contributed by atoms with Crippen LogP contribution in [0.3, 0.4) is 0 Å². The van der Waals surface area contributed by atoms with Gasteiger partial charge in [0.15, 0.2) is 0 Å². The second-order valence-corrected chi connectivity index (χ2v) is 6.15. The summed E-state index contributed by atoms with van der Waals surface area (Å²) in [4.78, 5) is 11.5. The minimum absolute atomic E-state index is 0.543. The van der Waals surface area contributed by atoms with Crippen molar-refractivity contribution in [1.29, 1.82) is 0 Å². The van der Waals surface area contributed by atoms with Crippen LogP contribution in [0.25, 0.3) is 0 Å². The van der Waals surface area contributed by atoms with Crippen LogP contribution in [-0.4, -0.2) is 40.3 Å². The maximum atomic E-state index is 10.2. The maximum absolute atomic E-state index is 10.2. The van der Waals surface area contributed by atoms with Gasteiger partial charge in [-0.25, -0.2) is 9.97 Å². The maximum Gasteiger partial charge on any atom is 0.134 e. The molecule has 1 atom stereocenters. The Balaban J connectivity index is 2.17. The molecule has 0 spiro atoms. The summed E-state index contributed by atoms with van der Waals surface area (Å²) in [6, 6.07) is 2.04. The van der Waals surface area contributed by atoms with E-state index in [1.54, 1.807) is 0 Å². The molecule has 1 aromatic rings. The van der Waals surface area contributed by atoms with Gasteiger partial charge in [-0.2, -0.15) is 0 Å². The SMILES string of the molecule is CCCNc1cc(N2CCCC(C)(O)CC2)nc(CC)n1. The molecule has 1 unspecified atom stereocenters. The highest BCUT2D eigenvalue weighted by atomic mass is 16.3. The summed E-state index contributed by atoms with van der Waals surface area (Å²) in [5.74, 6) is 2.77. The van der Waals surface area contributed by atoms with E-state index in [4.69, 9.17) is 0 Å². The molecular formula is C16H28N4O. The van der Waals surface area contributed by atoms with Crippen molar-refractivity contribution in [1.82, 2.24) is 9.97 Å². The first-order valence-corrected chi connectivity index (χ1v) is 8.13. The molecule has 1 fully saturated rings. The van der Waals surface area contributed by atoms with E-state index >= 15 is 0 Å². The molecule has 5 nitrogen and oxygen atoms in total. The Morgan fingerprint density at radius 3 is 2.81 bits per heavy atom. The van der Waals surface area contributed by atoms with Gasteiger partial charge in [0.1, 0.15) is 17.5 Å². The second kappa shape index (κ2) is 7.07. The van der Waals surface area contributed by atoms with Crippen molar-refractivity contribution in [2.45, 2.75) is 58.5 Å². The fourth-order valence-electron chi connectivity index (χ4n) is 2.64. The molecule has 2 heterocycles.